The Balaban J connectivity index is 3.44. The number of anilines is 1. The Bertz CT molecular complexity index is 386. The molecule has 0 saturated carbocycles. The number of nitrogen functional groups attached to an aromatic ring is 1. The van der Waals surface area contributed by atoms with E-state index in [-0.39, 0.29) is 0 Å². The van der Waals surface area contributed by atoms with Crippen LogP contribution in [0.1, 0.15) is 30.9 Å². The normalized spacial score (nSPS) is 9.87. The third-order valence-corrected chi connectivity index (χ3v) is 1.98. The molecule has 0 aromatic carbocycles. The number of rotatable bonds is 1. The average Bonchev–Trinajstić information content (AvgIpc) is 2.18. The van der Waals surface area contributed by atoms with Crippen molar-refractivity contribution in [1.82, 2.24) is 15.0 Å². The van der Waals surface area contributed by atoms with Crippen molar-refractivity contribution in [3.8, 4) is 0 Å². The summed E-state index contributed by atoms with van der Waals surface area (Å²) < 4.78 is 0. The molecule has 4 nitrogen and oxygen atoms in total. The minimum atomic E-state index is 0.328. The maximum absolute atomic E-state index is 5.85. The number of nitrogens with zero attached hydrogens (tertiary/aromatic N) is 3. The van der Waals surface area contributed by atoms with Gasteiger partial charge >= 0.3 is 0 Å². The van der Waals surface area contributed by atoms with Gasteiger partial charge in [-0.1, -0.05) is 19.9 Å². The molecule has 0 radical (unpaired) electrons. The smallest absolute Gasteiger partial charge is 0.128 e. The minimum absolute atomic E-state index is 0.328. The number of hydrogen-bond acceptors (Lipinski definition) is 4. The molecule has 0 unspecified atom stereocenters. The lowest BCUT2D eigenvalue weighted by atomic mass is 10.0. The van der Waals surface area contributed by atoms with Gasteiger partial charge in [-0.2, -0.15) is 0 Å². The number of aryl methyl sites for hydroxylation is 1. The van der Waals surface area contributed by atoms with Gasteiger partial charge in [0.05, 0.1) is 0 Å². The number of hydrogen-bond donors (Lipinski definition) is 1. The third-order valence-electron chi connectivity index (χ3n) is 1.98. The molecule has 0 amide bonds. The second-order valence-corrected chi connectivity index (χ2v) is 3.67. The number of aromatic nitrogens is 3. The molecule has 0 atom stereocenters. The molecular weight excluding hydrogens is 188 g/mol. The van der Waals surface area contributed by atoms with Crippen molar-refractivity contribution in [2.24, 2.45) is 0 Å². The summed E-state index contributed by atoms with van der Waals surface area (Å²) in [6.07, 6.45) is 4.59. The van der Waals surface area contributed by atoms with Crippen LogP contribution in [0.3, 0.4) is 0 Å². The summed E-state index contributed by atoms with van der Waals surface area (Å²) in [4.78, 5) is 11.9. The van der Waals surface area contributed by atoms with Crippen molar-refractivity contribution >= 4 is 5.82 Å². The van der Waals surface area contributed by atoms with Crippen LogP contribution in [-0.2, 0) is 0 Å². The highest BCUT2D eigenvalue weighted by molar-refractivity contribution is 5.40. The van der Waals surface area contributed by atoms with Crippen molar-refractivity contribution in [2.75, 3.05) is 5.73 Å². The van der Waals surface area contributed by atoms with Crippen LogP contribution >= 0.6 is 0 Å². The first kappa shape index (κ1) is 11.4. The fourth-order valence-electron chi connectivity index (χ4n) is 1.21. The zero-order valence-corrected chi connectivity index (χ0v) is 9.31. The van der Waals surface area contributed by atoms with Crippen LogP contribution in [-0.4, -0.2) is 15.0 Å². The monoisotopic (exact) mass is 204 g/mol. The molecule has 4 heteroatoms. The quantitative estimate of drug-likeness (QED) is 0.760. The predicted octanol–water partition coefficient (Wildman–Crippen LogP) is 2.01. The van der Waals surface area contributed by atoms with E-state index in [1.54, 1.807) is 6.20 Å². The van der Waals surface area contributed by atoms with E-state index in [0.29, 0.717) is 11.7 Å². The van der Waals surface area contributed by atoms with Crippen molar-refractivity contribution in [2.45, 2.75) is 26.7 Å². The summed E-state index contributed by atoms with van der Waals surface area (Å²) in [7, 11) is 0. The summed E-state index contributed by atoms with van der Waals surface area (Å²) in [6, 6.07) is 2.00. The first-order valence-corrected chi connectivity index (χ1v) is 4.86. The molecule has 1 aromatic heterocycles. The molecule has 0 aliphatic heterocycles. The molecule has 0 fully saturated rings. The number of nitrogens with two attached hydrogens (primary N) is 1. The van der Waals surface area contributed by atoms with Crippen molar-refractivity contribution in [3.63, 3.8) is 0 Å². The second-order valence-electron chi connectivity index (χ2n) is 3.67. The van der Waals surface area contributed by atoms with Crippen molar-refractivity contribution in [3.05, 3.63) is 36.0 Å². The van der Waals surface area contributed by atoms with Gasteiger partial charge in [-0.25, -0.2) is 15.0 Å². The Morgan fingerprint density at radius 1 is 1.20 bits per heavy atom. The standard InChI is InChI=1S/C11H16N4/c1-8(2)10-4-9(3)5-13-6-14-7-15-11(10)12/h4-8H,1-3H3,(H2,12,13,14,15). The predicted molar refractivity (Wildman–Crippen MR) is 60.7 cm³/mol. The molecule has 80 valence electrons. The molecule has 2 N–H and O–H groups in total. The third kappa shape index (κ3) is 3.50. The second kappa shape index (κ2) is 5.24. The molecule has 1 rings (SSSR count). The van der Waals surface area contributed by atoms with Gasteiger partial charge < -0.3 is 5.73 Å². The van der Waals surface area contributed by atoms with Gasteiger partial charge in [0.1, 0.15) is 18.5 Å². The molecule has 1 aromatic rings. The van der Waals surface area contributed by atoms with E-state index in [9.17, 15) is 0 Å². The van der Waals surface area contributed by atoms with Gasteiger partial charge in [0.25, 0.3) is 0 Å². The first-order valence-electron chi connectivity index (χ1n) is 4.86. The first-order chi connectivity index (χ1) is 7.11. The Kier molecular flexibility index (Phi) is 3.97. The summed E-state index contributed by atoms with van der Waals surface area (Å²) in [5.41, 5.74) is 7.89. The summed E-state index contributed by atoms with van der Waals surface area (Å²) in [6.45, 7) is 6.12. The molecule has 0 aliphatic carbocycles. The average molecular weight is 204 g/mol. The van der Waals surface area contributed by atoms with E-state index < -0.39 is 0 Å². The van der Waals surface area contributed by atoms with Crippen LogP contribution in [0, 0.1) is 6.92 Å². The summed E-state index contributed by atoms with van der Waals surface area (Å²) in [5, 5.41) is 0. The Labute approximate surface area is 89.9 Å². The van der Waals surface area contributed by atoms with Crippen LogP contribution in [0.5, 0.6) is 0 Å². The van der Waals surface area contributed by atoms with Gasteiger partial charge in [0.15, 0.2) is 0 Å². The van der Waals surface area contributed by atoms with Gasteiger partial charge in [-0.05, 0) is 24.0 Å². The van der Waals surface area contributed by atoms with E-state index in [1.807, 2.05) is 13.0 Å². The molecule has 0 spiro atoms. The summed E-state index contributed by atoms with van der Waals surface area (Å²) in [5.74, 6) is 0.839. The lowest BCUT2D eigenvalue weighted by Crippen LogP contribution is -1.97. The van der Waals surface area contributed by atoms with Gasteiger partial charge in [-0.3, -0.25) is 0 Å². The van der Waals surface area contributed by atoms with E-state index in [2.05, 4.69) is 28.8 Å². The highest BCUT2D eigenvalue weighted by atomic mass is 14.9. The molecule has 15 heavy (non-hydrogen) atoms. The van der Waals surface area contributed by atoms with E-state index in [1.165, 1.54) is 12.7 Å². The van der Waals surface area contributed by atoms with Crippen LogP contribution in [0.15, 0.2) is 24.9 Å². The molecule has 0 saturated heterocycles. The van der Waals surface area contributed by atoms with Crippen LogP contribution < -0.4 is 5.73 Å². The Hall–Kier alpha value is -1.71. The minimum Gasteiger partial charge on any atom is -0.383 e. The van der Waals surface area contributed by atoms with Crippen LogP contribution in [0.2, 0.25) is 0 Å². The van der Waals surface area contributed by atoms with Crippen molar-refractivity contribution in [1.29, 1.82) is 0 Å². The summed E-state index contributed by atoms with van der Waals surface area (Å²) >= 11 is 0. The fourth-order valence-corrected chi connectivity index (χ4v) is 1.21. The highest BCUT2D eigenvalue weighted by Gasteiger charge is 2.02. The largest absolute Gasteiger partial charge is 0.383 e. The zero-order valence-electron chi connectivity index (χ0n) is 9.31. The highest BCUT2D eigenvalue weighted by Crippen LogP contribution is 2.17. The van der Waals surface area contributed by atoms with Crippen molar-refractivity contribution < 1.29 is 0 Å². The lowest BCUT2D eigenvalue weighted by molar-refractivity contribution is 0.863. The maximum Gasteiger partial charge on any atom is 0.128 e. The SMILES string of the molecule is Cc1cncncnc(N)c(C(C)C)c1. The van der Waals surface area contributed by atoms with Gasteiger partial charge in [0.2, 0.25) is 0 Å². The van der Waals surface area contributed by atoms with Crippen LogP contribution in [0.4, 0.5) is 5.82 Å². The Morgan fingerprint density at radius 3 is 2.60 bits per heavy atom. The molecule has 0 aliphatic rings. The van der Waals surface area contributed by atoms with E-state index in [0.717, 1.165) is 11.1 Å². The van der Waals surface area contributed by atoms with Gasteiger partial charge in [0, 0.05) is 6.20 Å². The van der Waals surface area contributed by atoms with E-state index in [4.69, 9.17) is 5.73 Å². The molecule has 0 bridgehead atoms. The zero-order chi connectivity index (χ0) is 11.3. The van der Waals surface area contributed by atoms with Crippen LogP contribution in [0.25, 0.3) is 0 Å². The van der Waals surface area contributed by atoms with E-state index >= 15 is 0 Å². The maximum atomic E-state index is 5.85. The Morgan fingerprint density at radius 2 is 1.93 bits per heavy atom. The fraction of sp³-hybridized carbons (Fsp3) is 0.364. The molecule has 1 heterocycles. The lowest BCUT2D eigenvalue weighted by Gasteiger charge is -2.05. The van der Waals surface area contributed by atoms with Gasteiger partial charge in [-0.15, -0.1) is 0 Å². The topological polar surface area (TPSA) is 64.7 Å². The molecular formula is C11H16N4.